The number of hydrogen-bond donors (Lipinski definition) is 3. The summed E-state index contributed by atoms with van der Waals surface area (Å²) in [5.41, 5.74) is 7.38. The molecule has 0 saturated heterocycles. The average Bonchev–Trinajstić information content (AvgIpc) is 2.40. The third kappa shape index (κ3) is 3.66. The lowest BCUT2D eigenvalue weighted by Crippen LogP contribution is -2.12. The summed E-state index contributed by atoms with van der Waals surface area (Å²) in [6.45, 7) is 0. The summed E-state index contributed by atoms with van der Waals surface area (Å²) < 4.78 is 28.7. The second-order valence-corrected chi connectivity index (χ2v) is 6.74. The van der Waals surface area contributed by atoms with Crippen LogP contribution in [0.25, 0.3) is 0 Å². The van der Waals surface area contributed by atoms with Crippen molar-refractivity contribution in [3.8, 4) is 5.75 Å². The number of halogens is 1. The van der Waals surface area contributed by atoms with Crippen molar-refractivity contribution in [2.75, 3.05) is 18.2 Å². The van der Waals surface area contributed by atoms with Crippen molar-refractivity contribution in [3.05, 3.63) is 40.9 Å². The highest BCUT2D eigenvalue weighted by molar-refractivity contribution is 9.10. The van der Waals surface area contributed by atoms with Gasteiger partial charge in [-0.15, -0.1) is 0 Å². The lowest BCUT2D eigenvalue weighted by Gasteiger charge is -2.14. The van der Waals surface area contributed by atoms with Gasteiger partial charge in [-0.25, -0.2) is 13.6 Å². The van der Waals surface area contributed by atoms with Crippen LogP contribution < -0.4 is 20.9 Å². The molecule has 112 valence electrons. The Hall–Kier alpha value is -1.77. The Morgan fingerprint density at radius 2 is 1.86 bits per heavy atom. The third-order valence-electron chi connectivity index (χ3n) is 2.78. The van der Waals surface area contributed by atoms with E-state index in [0.29, 0.717) is 17.1 Å². The summed E-state index contributed by atoms with van der Waals surface area (Å²) in [5, 5.41) is 8.16. The summed E-state index contributed by atoms with van der Waals surface area (Å²) in [6.07, 6.45) is 0. The number of benzene rings is 2. The molecule has 0 aliphatic rings. The van der Waals surface area contributed by atoms with Gasteiger partial charge in [0.1, 0.15) is 5.75 Å². The number of nitrogens with one attached hydrogen (secondary N) is 1. The Bertz CT molecular complexity index is 778. The van der Waals surface area contributed by atoms with Gasteiger partial charge < -0.3 is 15.8 Å². The van der Waals surface area contributed by atoms with Gasteiger partial charge in [-0.3, -0.25) is 0 Å². The number of hydrogen-bond acceptors (Lipinski definition) is 5. The maximum Gasteiger partial charge on any atom is 0.238 e. The summed E-state index contributed by atoms with van der Waals surface area (Å²) in [4.78, 5) is -0.0354. The molecule has 0 fully saturated rings. The Labute approximate surface area is 131 Å². The second-order valence-electron chi connectivity index (χ2n) is 4.26. The standard InChI is InChI=1S/C13H14BrN3O3S/c1-20-13-5-2-8(14)6-12(13)17-11-4-3-9(7-10(11)15)21(16,18)19/h2-7,17H,15H2,1H3,(H2,16,18,19). The van der Waals surface area contributed by atoms with Crippen molar-refractivity contribution >= 4 is 43.0 Å². The summed E-state index contributed by atoms with van der Waals surface area (Å²) in [6, 6.07) is 9.71. The molecule has 0 saturated carbocycles. The number of methoxy groups -OCH3 is 1. The molecule has 6 nitrogen and oxygen atoms in total. The SMILES string of the molecule is COc1ccc(Br)cc1Nc1ccc(S(N)(=O)=O)cc1N. The normalized spacial score (nSPS) is 11.2. The Balaban J connectivity index is 2.39. The van der Waals surface area contributed by atoms with Gasteiger partial charge in [0.05, 0.1) is 29.1 Å². The molecule has 0 aliphatic heterocycles. The van der Waals surface area contributed by atoms with E-state index in [2.05, 4.69) is 21.2 Å². The number of rotatable bonds is 4. The summed E-state index contributed by atoms with van der Waals surface area (Å²) in [5.74, 6) is 0.633. The van der Waals surface area contributed by atoms with Crippen LogP contribution in [0.2, 0.25) is 0 Å². The molecule has 0 heterocycles. The van der Waals surface area contributed by atoms with E-state index in [1.807, 2.05) is 12.1 Å². The van der Waals surface area contributed by atoms with Crippen LogP contribution in [-0.4, -0.2) is 15.5 Å². The number of sulfonamides is 1. The summed E-state index contributed by atoms with van der Waals surface area (Å²) in [7, 11) is -2.22. The van der Waals surface area contributed by atoms with Crippen LogP contribution in [0.4, 0.5) is 17.1 Å². The van der Waals surface area contributed by atoms with Crippen molar-refractivity contribution in [2.24, 2.45) is 5.14 Å². The highest BCUT2D eigenvalue weighted by Gasteiger charge is 2.11. The van der Waals surface area contributed by atoms with Crippen molar-refractivity contribution in [1.29, 1.82) is 0 Å². The van der Waals surface area contributed by atoms with Gasteiger partial charge in [0, 0.05) is 4.47 Å². The fraction of sp³-hybridized carbons (Fsp3) is 0.0769. The van der Waals surface area contributed by atoms with Gasteiger partial charge in [-0.1, -0.05) is 15.9 Å². The van der Waals surface area contributed by atoms with E-state index in [-0.39, 0.29) is 10.6 Å². The number of nitrogens with two attached hydrogens (primary N) is 2. The minimum absolute atomic E-state index is 0.0354. The molecular weight excluding hydrogens is 358 g/mol. The molecule has 0 aromatic heterocycles. The van der Waals surface area contributed by atoms with Gasteiger partial charge in [0.2, 0.25) is 10.0 Å². The average molecular weight is 372 g/mol. The van der Waals surface area contributed by atoms with Crippen LogP contribution in [0.5, 0.6) is 5.75 Å². The fourth-order valence-electron chi connectivity index (χ4n) is 1.75. The maximum absolute atomic E-state index is 11.3. The van der Waals surface area contributed by atoms with Crippen LogP contribution in [0.15, 0.2) is 45.8 Å². The second kappa shape index (κ2) is 5.92. The third-order valence-corrected chi connectivity index (χ3v) is 4.19. The van der Waals surface area contributed by atoms with Crippen molar-refractivity contribution < 1.29 is 13.2 Å². The lowest BCUT2D eigenvalue weighted by molar-refractivity contribution is 0.417. The molecule has 2 aromatic carbocycles. The molecule has 5 N–H and O–H groups in total. The van der Waals surface area contributed by atoms with E-state index < -0.39 is 10.0 Å². The molecule has 0 bridgehead atoms. The monoisotopic (exact) mass is 371 g/mol. The fourth-order valence-corrected chi connectivity index (χ4v) is 2.66. The van der Waals surface area contributed by atoms with E-state index in [4.69, 9.17) is 15.6 Å². The van der Waals surface area contributed by atoms with Crippen LogP contribution in [-0.2, 0) is 10.0 Å². The molecule has 0 aliphatic carbocycles. The minimum atomic E-state index is -3.77. The molecule has 0 amide bonds. The molecular formula is C13H14BrN3O3S. The van der Waals surface area contributed by atoms with Crippen LogP contribution in [0.1, 0.15) is 0 Å². The van der Waals surface area contributed by atoms with Crippen LogP contribution >= 0.6 is 15.9 Å². The molecule has 8 heteroatoms. The minimum Gasteiger partial charge on any atom is -0.495 e. The highest BCUT2D eigenvalue weighted by atomic mass is 79.9. The first kappa shape index (κ1) is 15.6. The highest BCUT2D eigenvalue weighted by Crippen LogP contribution is 2.33. The predicted molar refractivity (Wildman–Crippen MR) is 86.2 cm³/mol. The predicted octanol–water partition coefficient (Wildman–Crippen LogP) is 2.43. The van der Waals surface area contributed by atoms with Crippen molar-refractivity contribution in [2.45, 2.75) is 4.90 Å². The molecule has 2 rings (SSSR count). The van der Waals surface area contributed by atoms with Gasteiger partial charge in [-0.05, 0) is 36.4 Å². The zero-order valence-electron chi connectivity index (χ0n) is 11.1. The zero-order chi connectivity index (χ0) is 15.6. The maximum atomic E-state index is 11.3. The van der Waals surface area contributed by atoms with Gasteiger partial charge >= 0.3 is 0 Å². The first-order valence-electron chi connectivity index (χ1n) is 5.84. The summed E-state index contributed by atoms with van der Waals surface area (Å²) >= 11 is 3.37. The van der Waals surface area contributed by atoms with E-state index in [9.17, 15) is 8.42 Å². The quantitative estimate of drug-likeness (QED) is 0.715. The largest absolute Gasteiger partial charge is 0.495 e. The number of primary sulfonamides is 1. The topological polar surface area (TPSA) is 107 Å². The zero-order valence-corrected chi connectivity index (χ0v) is 13.5. The lowest BCUT2D eigenvalue weighted by atomic mass is 10.2. The first-order chi connectivity index (χ1) is 9.81. The molecule has 0 radical (unpaired) electrons. The number of nitrogen functional groups attached to an aromatic ring is 1. The smallest absolute Gasteiger partial charge is 0.238 e. The van der Waals surface area contributed by atoms with E-state index >= 15 is 0 Å². The van der Waals surface area contributed by atoms with Crippen LogP contribution in [0.3, 0.4) is 0 Å². The molecule has 0 atom stereocenters. The van der Waals surface area contributed by atoms with Gasteiger partial charge in [0.25, 0.3) is 0 Å². The van der Waals surface area contributed by atoms with Crippen molar-refractivity contribution in [1.82, 2.24) is 0 Å². The number of anilines is 3. The Morgan fingerprint density at radius 3 is 2.43 bits per heavy atom. The van der Waals surface area contributed by atoms with E-state index in [0.717, 1.165) is 4.47 Å². The molecule has 21 heavy (non-hydrogen) atoms. The van der Waals surface area contributed by atoms with E-state index in [1.165, 1.54) is 12.1 Å². The number of ether oxygens (including phenoxy) is 1. The first-order valence-corrected chi connectivity index (χ1v) is 8.18. The van der Waals surface area contributed by atoms with E-state index in [1.54, 1.807) is 19.2 Å². The Kier molecular flexibility index (Phi) is 4.40. The van der Waals surface area contributed by atoms with Crippen molar-refractivity contribution in [3.63, 3.8) is 0 Å². The molecule has 0 unspecified atom stereocenters. The van der Waals surface area contributed by atoms with Crippen LogP contribution in [0, 0.1) is 0 Å². The molecule has 0 spiro atoms. The van der Waals surface area contributed by atoms with Gasteiger partial charge in [-0.2, -0.15) is 0 Å². The van der Waals surface area contributed by atoms with Gasteiger partial charge in [0.15, 0.2) is 0 Å². The molecule has 2 aromatic rings. The Morgan fingerprint density at radius 1 is 1.14 bits per heavy atom.